The van der Waals surface area contributed by atoms with Crippen LogP contribution < -0.4 is 5.32 Å². The Morgan fingerprint density at radius 3 is 2.57 bits per heavy atom. The van der Waals surface area contributed by atoms with Gasteiger partial charge < -0.3 is 10.4 Å². The number of aliphatic hydroxyl groups is 1. The van der Waals surface area contributed by atoms with Crippen LogP contribution in [0.3, 0.4) is 0 Å². The number of hydrogen-bond donors (Lipinski definition) is 2. The average molecular weight is 219 g/mol. The lowest BCUT2D eigenvalue weighted by Gasteiger charge is -2.32. The quantitative estimate of drug-likeness (QED) is 0.668. The third-order valence-electron chi connectivity index (χ3n) is 2.80. The monoisotopic (exact) mass is 219 g/mol. The largest absolute Gasteiger partial charge is 0.389 e. The summed E-state index contributed by atoms with van der Waals surface area (Å²) in [5, 5.41) is 13.3. The SMILES string of the molecule is CS(=O)CCNCC1(O)CCCCC1. The first-order valence-electron chi connectivity index (χ1n) is 5.35. The predicted molar refractivity (Wildman–Crippen MR) is 59.8 cm³/mol. The molecule has 0 radical (unpaired) electrons. The van der Waals surface area contributed by atoms with Gasteiger partial charge in [0.05, 0.1) is 5.60 Å². The molecule has 0 amide bonds. The Labute approximate surface area is 88.7 Å². The molecule has 0 aliphatic heterocycles. The van der Waals surface area contributed by atoms with Crippen LogP contribution in [-0.4, -0.2) is 40.0 Å². The molecule has 0 aromatic carbocycles. The van der Waals surface area contributed by atoms with Gasteiger partial charge in [0.15, 0.2) is 0 Å². The molecule has 1 saturated carbocycles. The van der Waals surface area contributed by atoms with E-state index in [2.05, 4.69) is 5.32 Å². The molecule has 4 heteroatoms. The van der Waals surface area contributed by atoms with Crippen molar-refractivity contribution in [1.82, 2.24) is 5.32 Å². The van der Waals surface area contributed by atoms with Crippen LogP contribution in [0.25, 0.3) is 0 Å². The maximum atomic E-state index is 10.8. The molecule has 0 bridgehead atoms. The van der Waals surface area contributed by atoms with Gasteiger partial charge in [0.25, 0.3) is 0 Å². The summed E-state index contributed by atoms with van der Waals surface area (Å²) in [6, 6.07) is 0. The van der Waals surface area contributed by atoms with Gasteiger partial charge in [0, 0.05) is 35.9 Å². The van der Waals surface area contributed by atoms with Gasteiger partial charge in [-0.25, -0.2) is 0 Å². The molecule has 1 atom stereocenters. The molecule has 0 saturated heterocycles. The normalized spacial score (nSPS) is 23.3. The second-order valence-corrected chi connectivity index (χ2v) is 5.79. The fourth-order valence-electron chi connectivity index (χ4n) is 1.92. The Balaban J connectivity index is 2.12. The molecule has 1 fully saturated rings. The summed E-state index contributed by atoms with van der Waals surface area (Å²) in [4.78, 5) is 0. The highest BCUT2D eigenvalue weighted by atomic mass is 32.2. The van der Waals surface area contributed by atoms with Gasteiger partial charge in [0.2, 0.25) is 0 Å². The van der Waals surface area contributed by atoms with Gasteiger partial charge in [-0.2, -0.15) is 0 Å². The van der Waals surface area contributed by atoms with Crippen molar-refractivity contribution in [3.05, 3.63) is 0 Å². The van der Waals surface area contributed by atoms with E-state index in [1.807, 2.05) is 0 Å². The molecule has 2 N–H and O–H groups in total. The van der Waals surface area contributed by atoms with Crippen LogP contribution in [0, 0.1) is 0 Å². The van der Waals surface area contributed by atoms with Crippen LogP contribution in [0.5, 0.6) is 0 Å². The van der Waals surface area contributed by atoms with E-state index < -0.39 is 16.4 Å². The Bertz CT molecular complexity index is 191. The van der Waals surface area contributed by atoms with E-state index in [0.29, 0.717) is 12.3 Å². The average Bonchev–Trinajstić information content (AvgIpc) is 2.14. The first-order chi connectivity index (χ1) is 6.62. The summed E-state index contributed by atoms with van der Waals surface area (Å²) in [7, 11) is -0.730. The molecule has 1 rings (SSSR count). The zero-order valence-corrected chi connectivity index (χ0v) is 9.74. The molecule has 0 heterocycles. The fraction of sp³-hybridized carbons (Fsp3) is 1.00. The Morgan fingerprint density at radius 1 is 1.36 bits per heavy atom. The molecule has 14 heavy (non-hydrogen) atoms. The Morgan fingerprint density at radius 2 is 2.00 bits per heavy atom. The van der Waals surface area contributed by atoms with Crippen molar-refractivity contribution >= 4 is 10.8 Å². The Kier molecular flexibility index (Phi) is 5.06. The summed E-state index contributed by atoms with van der Waals surface area (Å²) in [6.07, 6.45) is 7.05. The van der Waals surface area contributed by atoms with Gasteiger partial charge in [-0.3, -0.25) is 4.21 Å². The second-order valence-electron chi connectivity index (χ2n) is 4.24. The lowest BCUT2D eigenvalue weighted by atomic mass is 9.85. The van der Waals surface area contributed by atoms with Crippen LogP contribution in [0.2, 0.25) is 0 Å². The summed E-state index contributed by atoms with van der Waals surface area (Å²) in [5.41, 5.74) is -0.493. The summed E-state index contributed by atoms with van der Waals surface area (Å²) < 4.78 is 10.8. The maximum Gasteiger partial charge on any atom is 0.0771 e. The predicted octanol–water partition coefficient (Wildman–Crippen LogP) is 0.650. The smallest absolute Gasteiger partial charge is 0.0771 e. The van der Waals surface area contributed by atoms with E-state index in [-0.39, 0.29) is 0 Å². The van der Waals surface area contributed by atoms with Crippen LogP contribution in [0.15, 0.2) is 0 Å². The first kappa shape index (κ1) is 12.1. The zero-order chi connectivity index (χ0) is 10.4. The number of hydrogen-bond acceptors (Lipinski definition) is 3. The third-order valence-corrected chi connectivity index (χ3v) is 3.58. The lowest BCUT2D eigenvalue weighted by molar-refractivity contribution is 0.00545. The maximum absolute atomic E-state index is 10.8. The van der Waals surface area contributed by atoms with Crippen molar-refractivity contribution in [3.8, 4) is 0 Å². The van der Waals surface area contributed by atoms with Gasteiger partial charge in [-0.1, -0.05) is 19.3 Å². The molecule has 3 nitrogen and oxygen atoms in total. The van der Waals surface area contributed by atoms with Crippen molar-refractivity contribution in [1.29, 1.82) is 0 Å². The van der Waals surface area contributed by atoms with E-state index >= 15 is 0 Å². The third kappa shape index (κ3) is 4.53. The molecule has 1 aliphatic carbocycles. The van der Waals surface area contributed by atoms with Crippen molar-refractivity contribution < 1.29 is 9.32 Å². The molecule has 84 valence electrons. The summed E-state index contributed by atoms with van der Waals surface area (Å²) in [5.74, 6) is 0.677. The number of nitrogens with one attached hydrogen (secondary N) is 1. The van der Waals surface area contributed by atoms with Gasteiger partial charge >= 0.3 is 0 Å². The van der Waals surface area contributed by atoms with Crippen molar-refractivity contribution in [2.45, 2.75) is 37.7 Å². The van der Waals surface area contributed by atoms with Crippen molar-refractivity contribution in [3.63, 3.8) is 0 Å². The summed E-state index contributed by atoms with van der Waals surface area (Å²) >= 11 is 0. The van der Waals surface area contributed by atoms with Crippen LogP contribution in [-0.2, 0) is 10.8 Å². The van der Waals surface area contributed by atoms with E-state index in [0.717, 1.165) is 32.2 Å². The van der Waals surface area contributed by atoms with Gasteiger partial charge in [-0.15, -0.1) is 0 Å². The van der Waals surface area contributed by atoms with E-state index in [1.54, 1.807) is 6.26 Å². The fourth-order valence-corrected chi connectivity index (χ4v) is 2.36. The standard InChI is InChI=1S/C10H21NO2S/c1-14(13)8-7-11-9-10(12)5-3-2-4-6-10/h11-12H,2-9H2,1H3. The minimum Gasteiger partial charge on any atom is -0.389 e. The van der Waals surface area contributed by atoms with Gasteiger partial charge in [-0.05, 0) is 12.8 Å². The highest BCUT2D eigenvalue weighted by molar-refractivity contribution is 7.84. The van der Waals surface area contributed by atoms with Crippen LogP contribution >= 0.6 is 0 Å². The first-order valence-corrected chi connectivity index (χ1v) is 7.08. The van der Waals surface area contributed by atoms with E-state index in [9.17, 15) is 9.32 Å². The summed E-state index contributed by atoms with van der Waals surface area (Å²) in [6.45, 7) is 1.40. The van der Waals surface area contributed by atoms with E-state index in [1.165, 1.54) is 6.42 Å². The molecule has 0 aromatic rings. The van der Waals surface area contributed by atoms with Crippen molar-refractivity contribution in [2.24, 2.45) is 0 Å². The molecule has 1 aliphatic rings. The van der Waals surface area contributed by atoms with Crippen LogP contribution in [0.1, 0.15) is 32.1 Å². The Hall–Kier alpha value is 0.0700. The molecular weight excluding hydrogens is 198 g/mol. The highest BCUT2D eigenvalue weighted by Gasteiger charge is 2.28. The molecular formula is C10H21NO2S. The minimum absolute atomic E-state index is 0.493. The van der Waals surface area contributed by atoms with Gasteiger partial charge in [0.1, 0.15) is 0 Å². The second kappa shape index (κ2) is 5.83. The zero-order valence-electron chi connectivity index (χ0n) is 8.92. The minimum atomic E-state index is -0.730. The van der Waals surface area contributed by atoms with Crippen molar-refractivity contribution in [2.75, 3.05) is 25.1 Å². The molecule has 1 unspecified atom stereocenters. The molecule has 0 aromatic heterocycles. The lowest BCUT2D eigenvalue weighted by Crippen LogP contribution is -2.43. The molecule has 0 spiro atoms. The topological polar surface area (TPSA) is 49.3 Å². The highest BCUT2D eigenvalue weighted by Crippen LogP contribution is 2.27. The van der Waals surface area contributed by atoms with E-state index in [4.69, 9.17) is 0 Å². The number of rotatable bonds is 5. The van der Waals surface area contributed by atoms with Crippen LogP contribution in [0.4, 0.5) is 0 Å².